The van der Waals surface area contributed by atoms with Crippen molar-refractivity contribution in [2.24, 2.45) is 0 Å². The van der Waals surface area contributed by atoms with E-state index in [9.17, 15) is 4.79 Å². The van der Waals surface area contributed by atoms with Crippen LogP contribution >= 0.6 is 0 Å². The van der Waals surface area contributed by atoms with Gasteiger partial charge in [0.05, 0.1) is 11.3 Å². The Morgan fingerprint density at radius 1 is 1.22 bits per heavy atom. The third kappa shape index (κ3) is 2.63. The SMILES string of the molecule is O=C(c1cncc(NC2CC2)c1)N1CCCCC1. The van der Waals surface area contributed by atoms with Crippen LogP contribution in [0.15, 0.2) is 18.5 Å². The lowest BCUT2D eigenvalue weighted by atomic mass is 10.1. The van der Waals surface area contributed by atoms with Crippen LogP contribution in [0, 0.1) is 0 Å². The number of nitrogens with one attached hydrogen (secondary N) is 1. The molecule has 2 heterocycles. The third-order valence-corrected chi connectivity index (χ3v) is 3.58. The summed E-state index contributed by atoms with van der Waals surface area (Å²) in [5, 5.41) is 3.38. The maximum atomic E-state index is 12.3. The summed E-state index contributed by atoms with van der Waals surface area (Å²) in [6.45, 7) is 1.78. The second-order valence-electron chi connectivity index (χ2n) is 5.23. The fraction of sp³-hybridized carbons (Fsp3) is 0.571. The molecule has 0 unspecified atom stereocenters. The van der Waals surface area contributed by atoms with Crippen molar-refractivity contribution in [3.63, 3.8) is 0 Å². The van der Waals surface area contributed by atoms with Crippen molar-refractivity contribution in [3.05, 3.63) is 24.0 Å². The smallest absolute Gasteiger partial charge is 0.255 e. The van der Waals surface area contributed by atoms with Crippen LogP contribution in [-0.4, -0.2) is 34.9 Å². The van der Waals surface area contributed by atoms with E-state index in [4.69, 9.17) is 0 Å². The molecular formula is C14H19N3O. The van der Waals surface area contributed by atoms with Gasteiger partial charge in [-0.3, -0.25) is 9.78 Å². The largest absolute Gasteiger partial charge is 0.381 e. The zero-order valence-corrected chi connectivity index (χ0v) is 10.6. The van der Waals surface area contributed by atoms with Gasteiger partial charge in [-0.05, 0) is 38.2 Å². The van der Waals surface area contributed by atoms with E-state index in [1.54, 1.807) is 12.4 Å². The monoisotopic (exact) mass is 245 g/mol. The van der Waals surface area contributed by atoms with E-state index < -0.39 is 0 Å². The van der Waals surface area contributed by atoms with Gasteiger partial charge >= 0.3 is 0 Å². The summed E-state index contributed by atoms with van der Waals surface area (Å²) in [5.74, 6) is 0.127. The molecule has 1 aliphatic heterocycles. The average Bonchev–Trinajstić information content (AvgIpc) is 3.23. The van der Waals surface area contributed by atoms with Crippen molar-refractivity contribution >= 4 is 11.6 Å². The number of carbonyl (C=O) groups is 1. The Bertz CT molecular complexity index is 436. The van der Waals surface area contributed by atoms with Crippen LogP contribution in [0.2, 0.25) is 0 Å². The normalized spacial score (nSPS) is 19.7. The topological polar surface area (TPSA) is 45.2 Å². The van der Waals surface area contributed by atoms with E-state index in [0.717, 1.165) is 31.6 Å². The van der Waals surface area contributed by atoms with Crippen LogP contribution in [0.3, 0.4) is 0 Å². The molecule has 96 valence electrons. The number of amides is 1. The van der Waals surface area contributed by atoms with Crippen LogP contribution in [0.1, 0.15) is 42.5 Å². The van der Waals surface area contributed by atoms with Crippen LogP contribution in [-0.2, 0) is 0 Å². The number of pyridine rings is 1. The van der Waals surface area contributed by atoms with Gasteiger partial charge in [-0.15, -0.1) is 0 Å². The Morgan fingerprint density at radius 3 is 2.72 bits per heavy atom. The first-order valence-electron chi connectivity index (χ1n) is 6.84. The van der Waals surface area contributed by atoms with E-state index >= 15 is 0 Å². The highest BCUT2D eigenvalue weighted by molar-refractivity contribution is 5.94. The van der Waals surface area contributed by atoms with Gasteiger partial charge in [-0.25, -0.2) is 0 Å². The summed E-state index contributed by atoms with van der Waals surface area (Å²) in [7, 11) is 0. The Hall–Kier alpha value is -1.58. The molecule has 0 atom stereocenters. The predicted octanol–water partition coefficient (Wildman–Crippen LogP) is 2.28. The molecule has 0 radical (unpaired) electrons. The number of likely N-dealkylation sites (tertiary alicyclic amines) is 1. The molecule has 3 rings (SSSR count). The van der Waals surface area contributed by atoms with E-state index in [-0.39, 0.29) is 5.91 Å². The van der Waals surface area contributed by atoms with Crippen LogP contribution < -0.4 is 5.32 Å². The van der Waals surface area contributed by atoms with Gasteiger partial charge in [-0.1, -0.05) is 0 Å². The maximum Gasteiger partial charge on any atom is 0.255 e. The van der Waals surface area contributed by atoms with E-state index in [2.05, 4.69) is 10.3 Å². The molecular weight excluding hydrogens is 226 g/mol. The third-order valence-electron chi connectivity index (χ3n) is 3.58. The Morgan fingerprint density at radius 2 is 2.00 bits per heavy atom. The zero-order chi connectivity index (χ0) is 12.4. The van der Waals surface area contributed by atoms with Crippen molar-refractivity contribution in [1.82, 2.24) is 9.88 Å². The molecule has 1 aromatic heterocycles. The molecule has 2 aliphatic rings. The summed E-state index contributed by atoms with van der Waals surface area (Å²) >= 11 is 0. The zero-order valence-electron chi connectivity index (χ0n) is 10.6. The van der Waals surface area contributed by atoms with E-state index in [1.807, 2.05) is 11.0 Å². The summed E-state index contributed by atoms with van der Waals surface area (Å²) in [4.78, 5) is 18.4. The highest BCUT2D eigenvalue weighted by atomic mass is 16.2. The Balaban J connectivity index is 1.71. The molecule has 0 aromatic carbocycles. The molecule has 0 bridgehead atoms. The quantitative estimate of drug-likeness (QED) is 0.888. The van der Waals surface area contributed by atoms with Crippen LogP contribution in [0.5, 0.6) is 0 Å². The molecule has 1 saturated heterocycles. The van der Waals surface area contributed by atoms with Crippen molar-refractivity contribution < 1.29 is 4.79 Å². The van der Waals surface area contributed by atoms with Crippen LogP contribution in [0.25, 0.3) is 0 Å². The van der Waals surface area contributed by atoms with Crippen LogP contribution in [0.4, 0.5) is 5.69 Å². The van der Waals surface area contributed by atoms with Crippen molar-refractivity contribution in [2.45, 2.75) is 38.1 Å². The van der Waals surface area contributed by atoms with Gasteiger partial charge in [0, 0.05) is 31.5 Å². The van der Waals surface area contributed by atoms with Gasteiger partial charge in [0.2, 0.25) is 0 Å². The number of rotatable bonds is 3. The lowest BCUT2D eigenvalue weighted by Gasteiger charge is -2.26. The second kappa shape index (κ2) is 4.96. The molecule has 1 amide bonds. The van der Waals surface area contributed by atoms with Gasteiger partial charge in [0.25, 0.3) is 5.91 Å². The molecule has 2 fully saturated rings. The number of carbonyl (C=O) groups excluding carboxylic acids is 1. The fourth-order valence-electron chi connectivity index (χ4n) is 2.38. The number of hydrogen-bond donors (Lipinski definition) is 1. The predicted molar refractivity (Wildman–Crippen MR) is 70.6 cm³/mol. The van der Waals surface area contributed by atoms with Gasteiger partial charge < -0.3 is 10.2 Å². The molecule has 1 aliphatic carbocycles. The minimum Gasteiger partial charge on any atom is -0.381 e. The molecule has 1 N–H and O–H groups in total. The lowest BCUT2D eigenvalue weighted by molar-refractivity contribution is 0.0724. The number of aromatic nitrogens is 1. The Labute approximate surface area is 107 Å². The van der Waals surface area contributed by atoms with E-state index in [1.165, 1.54) is 19.3 Å². The molecule has 1 aromatic rings. The van der Waals surface area contributed by atoms with E-state index in [0.29, 0.717) is 11.6 Å². The second-order valence-corrected chi connectivity index (χ2v) is 5.23. The van der Waals surface area contributed by atoms with Crippen molar-refractivity contribution in [2.75, 3.05) is 18.4 Å². The highest BCUT2D eigenvalue weighted by Gasteiger charge is 2.22. The number of hydrogen-bond acceptors (Lipinski definition) is 3. The molecule has 4 nitrogen and oxygen atoms in total. The maximum absolute atomic E-state index is 12.3. The summed E-state index contributed by atoms with van der Waals surface area (Å²) in [6, 6.07) is 2.52. The summed E-state index contributed by atoms with van der Waals surface area (Å²) in [6.07, 6.45) is 9.42. The van der Waals surface area contributed by atoms with Gasteiger partial charge in [0.1, 0.15) is 0 Å². The minimum absolute atomic E-state index is 0.127. The van der Waals surface area contributed by atoms with Gasteiger partial charge in [-0.2, -0.15) is 0 Å². The number of anilines is 1. The molecule has 4 heteroatoms. The van der Waals surface area contributed by atoms with Gasteiger partial charge in [0.15, 0.2) is 0 Å². The minimum atomic E-state index is 0.127. The average molecular weight is 245 g/mol. The molecule has 0 spiro atoms. The molecule has 1 saturated carbocycles. The highest BCUT2D eigenvalue weighted by Crippen LogP contribution is 2.24. The Kier molecular flexibility index (Phi) is 3.17. The van der Waals surface area contributed by atoms with Crippen molar-refractivity contribution in [1.29, 1.82) is 0 Å². The first kappa shape index (κ1) is 11.5. The van der Waals surface area contributed by atoms with Crippen molar-refractivity contribution in [3.8, 4) is 0 Å². The summed E-state index contributed by atoms with van der Waals surface area (Å²) in [5.41, 5.74) is 1.68. The fourth-order valence-corrected chi connectivity index (χ4v) is 2.38. The molecule has 18 heavy (non-hydrogen) atoms. The summed E-state index contributed by atoms with van der Waals surface area (Å²) < 4.78 is 0. The first-order chi connectivity index (χ1) is 8.83. The number of nitrogens with zero attached hydrogens (tertiary/aromatic N) is 2. The standard InChI is InChI=1S/C14H19N3O/c18-14(17-6-2-1-3-7-17)11-8-13(10-15-9-11)16-12-4-5-12/h8-10,12,16H,1-7H2. The number of piperidine rings is 1. The first-order valence-corrected chi connectivity index (χ1v) is 6.84. The lowest BCUT2D eigenvalue weighted by Crippen LogP contribution is -2.35.